The molecule has 0 aromatic heterocycles. The Labute approximate surface area is 184 Å². The quantitative estimate of drug-likeness (QED) is 0.583. The number of sulfonamides is 1. The molecule has 0 radical (unpaired) electrons. The van der Waals surface area contributed by atoms with Crippen LogP contribution < -0.4 is 10.0 Å². The molecule has 1 aliphatic rings. The van der Waals surface area contributed by atoms with Crippen LogP contribution in [-0.4, -0.2) is 33.4 Å². The number of hydrogen-bond donors (Lipinski definition) is 2. The van der Waals surface area contributed by atoms with Crippen molar-refractivity contribution < 1.29 is 17.9 Å². The van der Waals surface area contributed by atoms with Gasteiger partial charge in [0.05, 0.1) is 33.9 Å². The molecule has 0 atom stereocenters. The van der Waals surface area contributed by atoms with Crippen molar-refractivity contribution in [1.82, 2.24) is 0 Å². The molecule has 0 fully saturated rings. The fraction of sp³-hybridized carbons (Fsp3) is 0.0909. The summed E-state index contributed by atoms with van der Waals surface area (Å²) in [4.78, 5) is 17.4. The molecule has 3 aromatic carbocycles. The summed E-state index contributed by atoms with van der Waals surface area (Å²) < 4.78 is 33.5. The number of aliphatic imine (C=N–C) groups is 1. The van der Waals surface area contributed by atoms with Gasteiger partial charge in [-0.25, -0.2) is 13.4 Å². The van der Waals surface area contributed by atoms with Crippen molar-refractivity contribution in [2.45, 2.75) is 4.90 Å². The number of halogens is 1. The minimum Gasteiger partial charge on any atom is -0.475 e. The van der Waals surface area contributed by atoms with Crippen LogP contribution in [-0.2, 0) is 14.8 Å². The topological polar surface area (TPSA) is 96.9 Å². The molecule has 0 bridgehead atoms. The van der Waals surface area contributed by atoms with Gasteiger partial charge in [-0.15, -0.1) is 0 Å². The Bertz CT molecular complexity index is 1260. The smallest absolute Gasteiger partial charge is 0.261 e. The molecule has 0 saturated carbocycles. The second-order valence-electron chi connectivity index (χ2n) is 6.64. The Hall–Kier alpha value is -3.36. The Balaban J connectivity index is 1.61. The molecule has 1 amide bonds. The number of hydrogen-bond acceptors (Lipinski definition) is 5. The van der Waals surface area contributed by atoms with Gasteiger partial charge in [0, 0.05) is 5.02 Å². The standard InChI is InChI=1S/C22H18ClN3O4S/c23-15-9-11-16(12-10-15)31(28,29)26-20-8-4-1-5-17(20)21(27)25-19-7-3-2-6-18(19)22-24-13-14-30-22/h1-12,26H,13-14H2,(H,25,27). The van der Waals surface area contributed by atoms with E-state index in [2.05, 4.69) is 15.0 Å². The molecule has 158 valence electrons. The van der Waals surface area contributed by atoms with Crippen LogP contribution in [0.4, 0.5) is 11.4 Å². The van der Waals surface area contributed by atoms with Crippen molar-refractivity contribution in [1.29, 1.82) is 0 Å². The maximum absolute atomic E-state index is 13.0. The van der Waals surface area contributed by atoms with Crippen molar-refractivity contribution >= 4 is 44.8 Å². The zero-order valence-electron chi connectivity index (χ0n) is 16.2. The van der Waals surface area contributed by atoms with E-state index in [1.54, 1.807) is 36.4 Å². The van der Waals surface area contributed by atoms with E-state index in [9.17, 15) is 13.2 Å². The van der Waals surface area contributed by atoms with Gasteiger partial charge >= 0.3 is 0 Å². The normalized spacial score (nSPS) is 13.3. The van der Waals surface area contributed by atoms with Gasteiger partial charge in [-0.3, -0.25) is 9.52 Å². The predicted octanol–water partition coefficient (Wildman–Crippen LogP) is 4.17. The average Bonchev–Trinajstić information content (AvgIpc) is 3.29. The number of nitrogens with one attached hydrogen (secondary N) is 2. The number of benzene rings is 3. The van der Waals surface area contributed by atoms with Gasteiger partial charge in [0.1, 0.15) is 6.61 Å². The molecule has 3 aromatic rings. The lowest BCUT2D eigenvalue weighted by Gasteiger charge is -2.14. The van der Waals surface area contributed by atoms with Gasteiger partial charge in [-0.2, -0.15) is 0 Å². The molecule has 9 heteroatoms. The van der Waals surface area contributed by atoms with E-state index in [1.165, 1.54) is 30.3 Å². The van der Waals surface area contributed by atoms with Gasteiger partial charge in [0.2, 0.25) is 5.90 Å². The Morgan fingerprint density at radius 3 is 2.32 bits per heavy atom. The van der Waals surface area contributed by atoms with Gasteiger partial charge < -0.3 is 10.1 Å². The van der Waals surface area contributed by atoms with E-state index in [0.29, 0.717) is 35.3 Å². The van der Waals surface area contributed by atoms with E-state index in [1.807, 2.05) is 6.07 Å². The SMILES string of the molecule is O=C(Nc1ccccc1C1=NCCO1)c1ccccc1NS(=O)(=O)c1ccc(Cl)cc1. The van der Waals surface area contributed by atoms with Gasteiger partial charge in [0.15, 0.2) is 0 Å². The van der Waals surface area contributed by atoms with Gasteiger partial charge in [-0.1, -0.05) is 35.9 Å². The summed E-state index contributed by atoms with van der Waals surface area (Å²) in [5.41, 5.74) is 1.50. The minimum atomic E-state index is -3.91. The average molecular weight is 456 g/mol. The second kappa shape index (κ2) is 8.79. The van der Waals surface area contributed by atoms with E-state index < -0.39 is 15.9 Å². The summed E-state index contributed by atoms with van der Waals surface area (Å²) in [6, 6.07) is 19.3. The third-order valence-electron chi connectivity index (χ3n) is 4.53. The second-order valence-corrected chi connectivity index (χ2v) is 8.76. The lowest BCUT2D eigenvalue weighted by atomic mass is 10.1. The highest BCUT2D eigenvalue weighted by atomic mass is 35.5. The highest BCUT2D eigenvalue weighted by Crippen LogP contribution is 2.24. The molecule has 1 heterocycles. The van der Waals surface area contributed by atoms with Crippen LogP contribution in [0.1, 0.15) is 15.9 Å². The van der Waals surface area contributed by atoms with E-state index >= 15 is 0 Å². The van der Waals surface area contributed by atoms with Crippen LogP contribution in [0.2, 0.25) is 5.02 Å². The third kappa shape index (κ3) is 4.70. The lowest BCUT2D eigenvalue weighted by Crippen LogP contribution is -2.19. The van der Waals surface area contributed by atoms with E-state index in [0.717, 1.165) is 0 Å². The Morgan fingerprint density at radius 2 is 1.61 bits per heavy atom. The largest absolute Gasteiger partial charge is 0.475 e. The third-order valence-corrected chi connectivity index (χ3v) is 6.16. The molecule has 31 heavy (non-hydrogen) atoms. The summed E-state index contributed by atoms with van der Waals surface area (Å²) >= 11 is 5.84. The molecule has 7 nitrogen and oxygen atoms in total. The molecule has 4 rings (SSSR count). The number of anilines is 2. The first-order valence-corrected chi connectivity index (χ1v) is 11.3. The first-order chi connectivity index (χ1) is 14.9. The number of nitrogens with zero attached hydrogens (tertiary/aromatic N) is 1. The number of carbonyl (C=O) groups is 1. The van der Waals surface area contributed by atoms with Crippen molar-refractivity contribution in [2.24, 2.45) is 4.99 Å². The highest BCUT2D eigenvalue weighted by molar-refractivity contribution is 7.92. The van der Waals surface area contributed by atoms with Crippen molar-refractivity contribution in [3.05, 3.63) is 88.9 Å². The number of rotatable bonds is 6. The number of ether oxygens (including phenoxy) is 1. The highest BCUT2D eigenvalue weighted by Gasteiger charge is 2.20. The maximum atomic E-state index is 13.0. The fourth-order valence-electron chi connectivity index (χ4n) is 3.05. The minimum absolute atomic E-state index is 0.0360. The zero-order chi connectivity index (χ0) is 21.8. The first kappa shape index (κ1) is 20.9. The van der Waals surface area contributed by atoms with Crippen molar-refractivity contribution in [2.75, 3.05) is 23.2 Å². The van der Waals surface area contributed by atoms with E-state index in [4.69, 9.17) is 16.3 Å². The Kier molecular flexibility index (Phi) is 5.92. The lowest BCUT2D eigenvalue weighted by molar-refractivity contribution is 0.102. The Morgan fingerprint density at radius 1 is 0.935 bits per heavy atom. The summed E-state index contributed by atoms with van der Waals surface area (Å²) in [5.74, 6) is -0.00641. The van der Waals surface area contributed by atoms with Crippen LogP contribution in [0.3, 0.4) is 0 Å². The molecule has 0 aliphatic carbocycles. The predicted molar refractivity (Wildman–Crippen MR) is 120 cm³/mol. The fourth-order valence-corrected chi connectivity index (χ4v) is 4.26. The summed E-state index contributed by atoms with van der Waals surface area (Å²) in [6.45, 7) is 1.06. The van der Waals surface area contributed by atoms with Crippen LogP contribution in [0.25, 0.3) is 0 Å². The van der Waals surface area contributed by atoms with Crippen molar-refractivity contribution in [3.8, 4) is 0 Å². The monoisotopic (exact) mass is 455 g/mol. The molecule has 0 spiro atoms. The van der Waals surface area contributed by atoms with E-state index in [-0.39, 0.29) is 16.1 Å². The molecule has 2 N–H and O–H groups in total. The van der Waals surface area contributed by atoms with Gasteiger partial charge in [0.25, 0.3) is 15.9 Å². The molecule has 0 unspecified atom stereocenters. The summed E-state index contributed by atoms with van der Waals surface area (Å²) in [6.07, 6.45) is 0. The number of amides is 1. The maximum Gasteiger partial charge on any atom is 0.261 e. The summed E-state index contributed by atoms with van der Waals surface area (Å²) in [7, 11) is -3.91. The number of carbonyl (C=O) groups excluding carboxylic acids is 1. The summed E-state index contributed by atoms with van der Waals surface area (Å²) in [5, 5.41) is 3.25. The zero-order valence-corrected chi connectivity index (χ0v) is 17.8. The molecular formula is C22H18ClN3O4S. The van der Waals surface area contributed by atoms with Crippen LogP contribution in [0.5, 0.6) is 0 Å². The molecular weight excluding hydrogens is 438 g/mol. The number of para-hydroxylation sites is 2. The molecule has 1 aliphatic heterocycles. The van der Waals surface area contributed by atoms with Crippen LogP contribution in [0.15, 0.2) is 82.7 Å². The van der Waals surface area contributed by atoms with Crippen LogP contribution >= 0.6 is 11.6 Å². The van der Waals surface area contributed by atoms with Crippen LogP contribution in [0, 0.1) is 0 Å². The first-order valence-electron chi connectivity index (χ1n) is 9.39. The van der Waals surface area contributed by atoms with Gasteiger partial charge in [-0.05, 0) is 48.5 Å². The molecule has 0 saturated heterocycles. The van der Waals surface area contributed by atoms with Crippen molar-refractivity contribution in [3.63, 3.8) is 0 Å².